The SMILES string of the molecule is Cc1cc(C)c(C2C(=O)CC(CCNC(=O)N(C)Cc3ccccc3)C2=O)c(C)c1. The van der Waals surface area contributed by atoms with Crippen LogP contribution in [0.4, 0.5) is 4.79 Å². The van der Waals surface area contributed by atoms with Gasteiger partial charge in [-0.2, -0.15) is 0 Å². The van der Waals surface area contributed by atoms with E-state index in [1.807, 2.05) is 63.2 Å². The van der Waals surface area contributed by atoms with Gasteiger partial charge in [-0.15, -0.1) is 0 Å². The second-order valence-corrected chi connectivity index (χ2v) is 8.38. The number of carbonyl (C=O) groups excluding carboxylic acids is 3. The summed E-state index contributed by atoms with van der Waals surface area (Å²) in [5.74, 6) is -1.01. The fraction of sp³-hybridized carbons (Fsp3) is 0.400. The maximum absolute atomic E-state index is 13.0. The molecule has 1 fully saturated rings. The van der Waals surface area contributed by atoms with Crippen LogP contribution in [-0.4, -0.2) is 36.1 Å². The highest BCUT2D eigenvalue weighted by Crippen LogP contribution is 2.37. The molecule has 2 atom stereocenters. The molecular weight excluding hydrogens is 376 g/mol. The van der Waals surface area contributed by atoms with Crippen LogP contribution in [-0.2, 0) is 16.1 Å². The zero-order valence-corrected chi connectivity index (χ0v) is 18.2. The summed E-state index contributed by atoms with van der Waals surface area (Å²) < 4.78 is 0. The molecule has 5 nitrogen and oxygen atoms in total. The van der Waals surface area contributed by atoms with Crippen LogP contribution in [0.25, 0.3) is 0 Å². The molecule has 0 aromatic heterocycles. The Balaban J connectivity index is 1.56. The molecule has 0 aliphatic heterocycles. The van der Waals surface area contributed by atoms with Crippen LogP contribution in [0, 0.1) is 26.7 Å². The van der Waals surface area contributed by atoms with E-state index in [0.717, 1.165) is 27.8 Å². The minimum absolute atomic E-state index is 0.00687. The van der Waals surface area contributed by atoms with Crippen molar-refractivity contribution in [3.05, 3.63) is 70.3 Å². The third-order valence-corrected chi connectivity index (χ3v) is 5.86. The molecule has 1 aliphatic rings. The van der Waals surface area contributed by atoms with Gasteiger partial charge < -0.3 is 10.2 Å². The molecule has 2 aromatic rings. The summed E-state index contributed by atoms with van der Waals surface area (Å²) >= 11 is 0. The van der Waals surface area contributed by atoms with Gasteiger partial charge in [0.15, 0.2) is 5.78 Å². The van der Waals surface area contributed by atoms with Crippen molar-refractivity contribution in [2.75, 3.05) is 13.6 Å². The molecule has 0 bridgehead atoms. The van der Waals surface area contributed by atoms with Crippen molar-refractivity contribution in [2.24, 2.45) is 5.92 Å². The first kappa shape index (κ1) is 21.8. The number of ketones is 2. The van der Waals surface area contributed by atoms with Gasteiger partial charge in [0.05, 0.1) is 0 Å². The van der Waals surface area contributed by atoms with Crippen molar-refractivity contribution in [2.45, 2.75) is 46.1 Å². The predicted molar refractivity (Wildman–Crippen MR) is 117 cm³/mol. The van der Waals surface area contributed by atoms with Crippen molar-refractivity contribution in [1.82, 2.24) is 10.2 Å². The number of urea groups is 1. The largest absolute Gasteiger partial charge is 0.338 e. The average Bonchev–Trinajstić information content (AvgIpc) is 2.96. The Hall–Kier alpha value is -2.95. The van der Waals surface area contributed by atoms with Crippen LogP contribution in [0.3, 0.4) is 0 Å². The van der Waals surface area contributed by atoms with Crippen molar-refractivity contribution < 1.29 is 14.4 Å². The summed E-state index contributed by atoms with van der Waals surface area (Å²) in [5, 5.41) is 2.87. The fourth-order valence-electron chi connectivity index (χ4n) is 4.47. The molecule has 1 aliphatic carbocycles. The van der Waals surface area contributed by atoms with Gasteiger partial charge in [0.2, 0.25) is 0 Å². The second kappa shape index (κ2) is 9.24. The Morgan fingerprint density at radius 3 is 2.33 bits per heavy atom. The summed E-state index contributed by atoms with van der Waals surface area (Å²) in [4.78, 5) is 39.6. The second-order valence-electron chi connectivity index (χ2n) is 8.38. The van der Waals surface area contributed by atoms with Crippen LogP contribution < -0.4 is 5.32 Å². The molecule has 1 saturated carbocycles. The lowest BCUT2D eigenvalue weighted by Crippen LogP contribution is -2.38. The van der Waals surface area contributed by atoms with E-state index >= 15 is 0 Å². The van der Waals surface area contributed by atoms with E-state index in [2.05, 4.69) is 5.32 Å². The molecule has 2 unspecified atom stereocenters. The lowest BCUT2D eigenvalue weighted by molar-refractivity contribution is -0.124. The summed E-state index contributed by atoms with van der Waals surface area (Å²) in [6.07, 6.45) is 0.738. The number of nitrogens with one attached hydrogen (secondary N) is 1. The van der Waals surface area contributed by atoms with Gasteiger partial charge in [0.1, 0.15) is 11.7 Å². The van der Waals surface area contributed by atoms with Gasteiger partial charge >= 0.3 is 6.03 Å². The van der Waals surface area contributed by atoms with Crippen molar-refractivity contribution in [3.8, 4) is 0 Å². The number of amides is 2. The zero-order valence-electron chi connectivity index (χ0n) is 18.2. The van der Waals surface area contributed by atoms with Crippen LogP contribution in [0.1, 0.15) is 46.6 Å². The lowest BCUT2D eigenvalue weighted by Gasteiger charge is -2.19. The molecule has 30 heavy (non-hydrogen) atoms. The molecule has 2 aromatic carbocycles. The molecule has 0 spiro atoms. The summed E-state index contributed by atoms with van der Waals surface area (Å²) in [6, 6.07) is 13.6. The highest BCUT2D eigenvalue weighted by atomic mass is 16.2. The summed E-state index contributed by atoms with van der Waals surface area (Å²) in [6.45, 7) is 6.84. The normalized spacial score (nSPS) is 18.5. The number of Topliss-reactive ketones (excluding diaryl/α,β-unsaturated/α-hetero) is 2. The van der Waals surface area contributed by atoms with Gasteiger partial charge in [-0.25, -0.2) is 4.79 Å². The Morgan fingerprint density at radius 1 is 1.07 bits per heavy atom. The number of nitrogens with zero attached hydrogens (tertiary/aromatic N) is 1. The topological polar surface area (TPSA) is 66.5 Å². The van der Waals surface area contributed by atoms with Gasteiger partial charge in [-0.1, -0.05) is 48.0 Å². The summed E-state index contributed by atoms with van der Waals surface area (Å²) in [5.41, 5.74) is 5.04. The van der Waals surface area contributed by atoms with Crippen LogP contribution in [0.5, 0.6) is 0 Å². The van der Waals surface area contributed by atoms with E-state index in [4.69, 9.17) is 0 Å². The zero-order chi connectivity index (χ0) is 21.8. The van der Waals surface area contributed by atoms with E-state index < -0.39 is 5.92 Å². The van der Waals surface area contributed by atoms with Crippen LogP contribution in [0.2, 0.25) is 0 Å². The first-order valence-corrected chi connectivity index (χ1v) is 10.4. The molecule has 2 amide bonds. The molecular formula is C25H30N2O3. The number of hydrogen-bond acceptors (Lipinski definition) is 3. The van der Waals surface area contributed by atoms with Crippen molar-refractivity contribution in [3.63, 3.8) is 0 Å². The Labute approximate surface area is 178 Å². The number of benzene rings is 2. The van der Waals surface area contributed by atoms with Crippen molar-refractivity contribution in [1.29, 1.82) is 0 Å². The van der Waals surface area contributed by atoms with E-state index in [0.29, 0.717) is 19.5 Å². The number of carbonyl (C=O) groups is 3. The Morgan fingerprint density at radius 2 is 1.70 bits per heavy atom. The molecule has 158 valence electrons. The van der Waals surface area contributed by atoms with E-state index in [1.165, 1.54) is 0 Å². The lowest BCUT2D eigenvalue weighted by atomic mass is 9.86. The third-order valence-electron chi connectivity index (χ3n) is 5.86. The van der Waals surface area contributed by atoms with Gasteiger partial charge in [-0.05, 0) is 49.4 Å². The maximum Gasteiger partial charge on any atom is 0.317 e. The average molecular weight is 407 g/mol. The molecule has 0 heterocycles. The molecule has 3 rings (SSSR count). The number of rotatable bonds is 6. The smallest absolute Gasteiger partial charge is 0.317 e. The fourth-order valence-corrected chi connectivity index (χ4v) is 4.47. The minimum atomic E-state index is -0.660. The quantitative estimate of drug-likeness (QED) is 0.735. The van der Waals surface area contributed by atoms with E-state index in [9.17, 15) is 14.4 Å². The number of aryl methyl sites for hydroxylation is 3. The van der Waals surface area contributed by atoms with Crippen LogP contribution in [0.15, 0.2) is 42.5 Å². The predicted octanol–water partition coefficient (Wildman–Crippen LogP) is 4.09. The van der Waals surface area contributed by atoms with Gasteiger partial charge in [-0.3, -0.25) is 9.59 Å². The molecule has 0 radical (unpaired) electrons. The summed E-state index contributed by atoms with van der Waals surface area (Å²) in [7, 11) is 1.74. The first-order valence-electron chi connectivity index (χ1n) is 10.4. The third kappa shape index (κ3) is 4.78. The van der Waals surface area contributed by atoms with Gasteiger partial charge in [0, 0.05) is 32.5 Å². The number of hydrogen-bond donors (Lipinski definition) is 1. The van der Waals surface area contributed by atoms with E-state index in [1.54, 1.807) is 11.9 Å². The molecule has 0 saturated heterocycles. The molecule has 1 N–H and O–H groups in total. The first-order chi connectivity index (χ1) is 14.3. The van der Waals surface area contributed by atoms with Gasteiger partial charge in [0.25, 0.3) is 0 Å². The van der Waals surface area contributed by atoms with E-state index in [-0.39, 0.29) is 29.9 Å². The Kier molecular flexibility index (Phi) is 6.70. The standard InChI is InChI=1S/C25H30N2O3/c1-16-12-17(2)22(18(3)13-16)23-21(28)14-20(24(23)29)10-11-26-25(30)27(4)15-19-8-6-5-7-9-19/h5-9,12-13,20,23H,10-11,14-15H2,1-4H3,(H,26,30). The van der Waals surface area contributed by atoms with Crippen molar-refractivity contribution >= 4 is 17.6 Å². The van der Waals surface area contributed by atoms with Crippen LogP contribution >= 0.6 is 0 Å². The monoisotopic (exact) mass is 406 g/mol. The Bertz CT molecular complexity index is 929. The molecule has 5 heteroatoms. The highest BCUT2D eigenvalue weighted by Gasteiger charge is 2.42. The highest BCUT2D eigenvalue weighted by molar-refractivity contribution is 6.15. The minimum Gasteiger partial charge on any atom is -0.338 e. The maximum atomic E-state index is 13.0.